The van der Waals surface area contributed by atoms with Crippen molar-refractivity contribution in [1.82, 2.24) is 10.4 Å². The van der Waals surface area contributed by atoms with Crippen LogP contribution < -0.4 is 5.43 Å². The van der Waals surface area contributed by atoms with Gasteiger partial charge < -0.3 is 4.42 Å². The highest BCUT2D eigenvalue weighted by Gasteiger charge is 2.32. The van der Waals surface area contributed by atoms with Crippen molar-refractivity contribution < 1.29 is 13.6 Å². The van der Waals surface area contributed by atoms with Gasteiger partial charge in [-0.2, -0.15) is 5.10 Å². The van der Waals surface area contributed by atoms with Crippen LogP contribution in [-0.2, 0) is 4.79 Å². The molecule has 1 amide bonds. The van der Waals surface area contributed by atoms with Gasteiger partial charge in [-0.1, -0.05) is 26.3 Å². The molecule has 2 atom stereocenters. The number of carbonyl (C=O) groups excluding carboxylic acids is 1. The number of hydrogen-bond acceptors (Lipinski definition) is 4. The molecule has 1 aliphatic rings. The zero-order chi connectivity index (χ0) is 19.0. The van der Waals surface area contributed by atoms with Crippen molar-refractivity contribution in [3.63, 3.8) is 0 Å². The van der Waals surface area contributed by atoms with E-state index in [1.165, 1.54) is 12.1 Å². The topological polar surface area (TPSA) is 67.5 Å². The number of benzene rings is 2. The molecule has 5 nitrogen and oxygen atoms in total. The fourth-order valence-corrected chi connectivity index (χ4v) is 3.54. The molecule has 0 spiro atoms. The smallest absolute Gasteiger partial charge is 0.243 e. The Bertz CT molecular complexity index is 1020. The number of rotatable bonds is 4. The van der Waals surface area contributed by atoms with E-state index in [9.17, 15) is 9.18 Å². The molecule has 0 aliphatic carbocycles. The minimum absolute atomic E-state index is 0.0209. The normalized spacial score (nSPS) is 19.8. The maximum absolute atomic E-state index is 13.1. The molecule has 1 aromatic heterocycles. The highest BCUT2D eigenvalue weighted by atomic mass is 19.1. The molecule has 3 aromatic rings. The summed E-state index contributed by atoms with van der Waals surface area (Å²) in [6.45, 7) is 4.11. The second kappa shape index (κ2) is 6.95. The van der Waals surface area contributed by atoms with Crippen LogP contribution in [0.2, 0.25) is 0 Å². The van der Waals surface area contributed by atoms with Crippen LogP contribution in [0.15, 0.2) is 52.0 Å². The van der Waals surface area contributed by atoms with E-state index in [1.807, 2.05) is 25.1 Å². The fourth-order valence-electron chi connectivity index (χ4n) is 3.54. The summed E-state index contributed by atoms with van der Waals surface area (Å²) in [7, 11) is 0. The molecule has 6 heteroatoms. The Balaban J connectivity index is 1.69. The first-order valence-electron chi connectivity index (χ1n) is 9.11. The van der Waals surface area contributed by atoms with Crippen molar-refractivity contribution in [1.29, 1.82) is 0 Å². The average molecular weight is 365 g/mol. The van der Waals surface area contributed by atoms with Gasteiger partial charge in [0.05, 0.1) is 5.71 Å². The average Bonchev–Trinajstić information content (AvgIpc) is 3.09. The molecule has 0 radical (unpaired) electrons. The summed E-state index contributed by atoms with van der Waals surface area (Å²) in [5.74, 6) is 0.0637. The van der Waals surface area contributed by atoms with Gasteiger partial charge in [0.15, 0.2) is 5.58 Å². The third kappa shape index (κ3) is 3.23. The first kappa shape index (κ1) is 17.4. The Morgan fingerprint density at radius 3 is 2.63 bits per heavy atom. The van der Waals surface area contributed by atoms with Crippen LogP contribution in [-0.4, -0.2) is 16.6 Å². The molecule has 2 heterocycles. The van der Waals surface area contributed by atoms with Crippen LogP contribution >= 0.6 is 0 Å². The van der Waals surface area contributed by atoms with Crippen LogP contribution in [0.4, 0.5) is 4.39 Å². The lowest BCUT2D eigenvalue weighted by atomic mass is 9.82. The highest BCUT2D eigenvalue weighted by Crippen LogP contribution is 2.29. The number of hydrogen-bond donors (Lipinski definition) is 1. The lowest BCUT2D eigenvalue weighted by molar-refractivity contribution is -0.126. The number of hydrazone groups is 1. The molecular formula is C21H20FN3O2. The summed E-state index contributed by atoms with van der Waals surface area (Å²) in [5, 5.41) is 4.29. The van der Waals surface area contributed by atoms with Gasteiger partial charge in [-0.25, -0.2) is 14.8 Å². The molecular weight excluding hydrogens is 345 g/mol. The third-order valence-corrected chi connectivity index (χ3v) is 5.03. The van der Waals surface area contributed by atoms with E-state index in [2.05, 4.69) is 22.4 Å². The predicted molar refractivity (Wildman–Crippen MR) is 102 cm³/mol. The molecule has 1 N–H and O–H groups in total. The van der Waals surface area contributed by atoms with Crippen molar-refractivity contribution in [2.24, 2.45) is 16.9 Å². The second-order valence-corrected chi connectivity index (χ2v) is 6.87. The number of amides is 1. The highest BCUT2D eigenvalue weighted by molar-refractivity contribution is 6.07. The Hall–Kier alpha value is -3.02. The summed E-state index contributed by atoms with van der Waals surface area (Å²) < 4.78 is 19.0. The maximum atomic E-state index is 13.1. The molecule has 0 saturated carbocycles. The summed E-state index contributed by atoms with van der Waals surface area (Å²) in [6.07, 6.45) is 1.77. The van der Waals surface area contributed by atoms with E-state index < -0.39 is 0 Å². The Labute approximate surface area is 156 Å². The maximum Gasteiger partial charge on any atom is 0.243 e. The van der Waals surface area contributed by atoms with E-state index in [4.69, 9.17) is 4.42 Å². The monoisotopic (exact) mass is 365 g/mol. The van der Waals surface area contributed by atoms with Gasteiger partial charge in [-0.15, -0.1) is 0 Å². The van der Waals surface area contributed by atoms with Crippen molar-refractivity contribution in [3.05, 3.63) is 53.8 Å². The van der Waals surface area contributed by atoms with Gasteiger partial charge in [0.1, 0.15) is 11.3 Å². The van der Waals surface area contributed by atoms with Crippen molar-refractivity contribution in [2.75, 3.05) is 0 Å². The predicted octanol–water partition coefficient (Wildman–Crippen LogP) is 4.52. The lowest BCUT2D eigenvalue weighted by Gasteiger charge is -2.27. The van der Waals surface area contributed by atoms with Gasteiger partial charge in [-0.05, 0) is 42.8 Å². The zero-order valence-electron chi connectivity index (χ0n) is 15.2. The molecule has 0 fully saturated rings. The summed E-state index contributed by atoms with van der Waals surface area (Å²) in [4.78, 5) is 16.6. The summed E-state index contributed by atoms with van der Waals surface area (Å²) in [5.41, 5.74) is 6.46. The van der Waals surface area contributed by atoms with Crippen LogP contribution in [0.1, 0.15) is 32.3 Å². The molecule has 2 aromatic carbocycles. The SMILES string of the molecule is CCCC1C(=O)NN=C(c2ccc3nc(-c4ccc(F)cc4)oc3c2)C1C. The number of aromatic nitrogens is 1. The van der Waals surface area contributed by atoms with Crippen molar-refractivity contribution in [3.8, 4) is 11.5 Å². The van der Waals surface area contributed by atoms with Crippen molar-refractivity contribution >= 4 is 22.7 Å². The van der Waals surface area contributed by atoms with E-state index in [-0.39, 0.29) is 23.6 Å². The number of halogens is 1. The lowest BCUT2D eigenvalue weighted by Crippen LogP contribution is -2.40. The zero-order valence-corrected chi connectivity index (χ0v) is 15.2. The van der Waals surface area contributed by atoms with E-state index in [0.29, 0.717) is 17.0 Å². The van der Waals surface area contributed by atoms with Gasteiger partial charge in [-0.3, -0.25) is 4.79 Å². The third-order valence-electron chi connectivity index (χ3n) is 5.03. The number of nitrogens with zero attached hydrogens (tertiary/aromatic N) is 2. The Kier molecular flexibility index (Phi) is 4.48. The minimum atomic E-state index is -0.301. The van der Waals surface area contributed by atoms with Crippen LogP contribution in [0.5, 0.6) is 0 Å². The van der Waals surface area contributed by atoms with Gasteiger partial charge in [0, 0.05) is 23.0 Å². The standard InChI is InChI=1S/C21H20FN3O2/c1-3-4-16-12(2)19(24-25-20(16)26)14-7-10-17-18(11-14)27-21(23-17)13-5-8-15(22)9-6-13/h5-12,16H,3-4H2,1-2H3,(H,25,26). The number of nitrogens with one attached hydrogen (secondary N) is 1. The minimum Gasteiger partial charge on any atom is -0.436 e. The molecule has 0 saturated heterocycles. The van der Waals surface area contributed by atoms with E-state index in [1.54, 1.807) is 12.1 Å². The van der Waals surface area contributed by atoms with Gasteiger partial charge in [0.2, 0.25) is 11.8 Å². The molecule has 27 heavy (non-hydrogen) atoms. The Morgan fingerprint density at radius 2 is 1.89 bits per heavy atom. The van der Waals surface area contributed by atoms with Crippen LogP contribution in [0.25, 0.3) is 22.6 Å². The first-order valence-corrected chi connectivity index (χ1v) is 9.11. The molecule has 138 valence electrons. The van der Waals surface area contributed by atoms with E-state index >= 15 is 0 Å². The Morgan fingerprint density at radius 1 is 1.15 bits per heavy atom. The number of fused-ring (bicyclic) bond motifs is 1. The van der Waals surface area contributed by atoms with Gasteiger partial charge in [0.25, 0.3) is 0 Å². The summed E-state index contributed by atoms with van der Waals surface area (Å²) >= 11 is 0. The fraction of sp³-hybridized carbons (Fsp3) is 0.286. The number of oxazole rings is 1. The second-order valence-electron chi connectivity index (χ2n) is 6.87. The van der Waals surface area contributed by atoms with Crippen molar-refractivity contribution in [2.45, 2.75) is 26.7 Å². The molecule has 1 aliphatic heterocycles. The molecule has 2 unspecified atom stereocenters. The van der Waals surface area contributed by atoms with Crippen LogP contribution in [0, 0.1) is 17.7 Å². The quantitative estimate of drug-likeness (QED) is 0.739. The first-order chi connectivity index (χ1) is 13.1. The summed E-state index contributed by atoms with van der Waals surface area (Å²) in [6, 6.07) is 11.7. The number of carbonyl (C=O) groups is 1. The largest absolute Gasteiger partial charge is 0.436 e. The van der Waals surface area contributed by atoms with Gasteiger partial charge >= 0.3 is 0 Å². The molecule has 4 rings (SSSR count). The van der Waals surface area contributed by atoms with Crippen LogP contribution in [0.3, 0.4) is 0 Å². The molecule has 0 bridgehead atoms. The van der Waals surface area contributed by atoms with E-state index in [0.717, 1.165) is 29.6 Å².